The highest BCUT2D eigenvalue weighted by molar-refractivity contribution is 5.98. The van der Waals surface area contributed by atoms with E-state index in [-0.39, 0.29) is 0 Å². The highest BCUT2D eigenvalue weighted by atomic mass is 16.5. The number of rotatable bonds is 6. The van der Waals surface area contributed by atoms with Gasteiger partial charge in [0.1, 0.15) is 0 Å². The fraction of sp³-hybridized carbons (Fsp3) is 0.263. The zero-order valence-electron chi connectivity index (χ0n) is 14.5. The number of nitrogens with zero attached hydrogens (tertiary/aromatic N) is 2. The third-order valence-electron chi connectivity index (χ3n) is 3.72. The van der Waals surface area contributed by atoms with E-state index in [9.17, 15) is 10.4 Å². The first-order chi connectivity index (χ1) is 12.1. The molecule has 0 aliphatic carbocycles. The number of aliphatic imine (C=N–C) groups is 2. The van der Waals surface area contributed by atoms with Gasteiger partial charge in [-0.1, -0.05) is 59.7 Å². The Morgan fingerprint density at radius 2 is 1.08 bits per heavy atom. The van der Waals surface area contributed by atoms with E-state index in [1.807, 2.05) is 62.4 Å². The Balaban J connectivity index is 1.91. The molecule has 132 valence electrons. The lowest BCUT2D eigenvalue weighted by Gasteiger charge is -2.06. The molecule has 2 aromatic rings. The molecule has 0 aliphatic heterocycles. The summed E-state index contributed by atoms with van der Waals surface area (Å²) < 4.78 is 0. The summed E-state index contributed by atoms with van der Waals surface area (Å²) >= 11 is 0. The van der Waals surface area contributed by atoms with E-state index in [1.54, 1.807) is 0 Å². The quantitative estimate of drug-likeness (QED) is 0.282. The second-order valence-corrected chi connectivity index (χ2v) is 5.77. The first-order valence-electron chi connectivity index (χ1n) is 8.17. The van der Waals surface area contributed by atoms with Crippen LogP contribution in [0, 0.1) is 13.8 Å². The lowest BCUT2D eigenvalue weighted by atomic mass is 10.1. The minimum Gasteiger partial charge on any atom is -0.290 e. The first-order valence-corrected chi connectivity index (χ1v) is 8.17. The largest absolute Gasteiger partial charge is 0.290 e. The molecule has 0 fully saturated rings. The molecule has 0 atom stereocenters. The second kappa shape index (κ2) is 9.56. The zero-order valence-corrected chi connectivity index (χ0v) is 14.5. The molecular weight excluding hydrogens is 316 g/mol. The van der Waals surface area contributed by atoms with E-state index in [0.717, 1.165) is 22.3 Å². The summed E-state index contributed by atoms with van der Waals surface area (Å²) in [5.74, 6) is 0.867. The number of hydrogen-bond acceptors (Lipinski definition) is 4. The number of hydroxylamine groups is 2. The molecule has 0 radical (unpaired) electrons. The van der Waals surface area contributed by atoms with Gasteiger partial charge in [0.15, 0.2) is 11.7 Å². The maximum absolute atomic E-state index is 9.25. The van der Waals surface area contributed by atoms with Crippen molar-refractivity contribution in [2.24, 2.45) is 9.98 Å². The molecule has 2 aromatic carbocycles. The molecule has 0 saturated carbocycles. The van der Waals surface area contributed by atoms with E-state index in [0.29, 0.717) is 31.2 Å². The molecule has 0 heterocycles. The topological polar surface area (TPSA) is 89.2 Å². The molecule has 0 unspecified atom stereocenters. The van der Waals surface area contributed by atoms with Crippen LogP contribution in [0.5, 0.6) is 0 Å². The van der Waals surface area contributed by atoms with E-state index in [1.165, 1.54) is 0 Å². The number of hydrogen-bond donors (Lipinski definition) is 4. The summed E-state index contributed by atoms with van der Waals surface area (Å²) in [7, 11) is 0. The maximum Gasteiger partial charge on any atom is 0.152 e. The van der Waals surface area contributed by atoms with E-state index >= 15 is 0 Å². The van der Waals surface area contributed by atoms with Crippen LogP contribution in [-0.4, -0.2) is 35.2 Å². The minimum absolute atomic E-state index is 0.433. The second-order valence-electron chi connectivity index (χ2n) is 5.77. The van der Waals surface area contributed by atoms with Crippen molar-refractivity contribution in [1.82, 2.24) is 11.0 Å². The molecule has 2 rings (SSSR count). The standard InChI is InChI=1S/C19H24N4O2/c1-14-4-8-16(9-5-14)18(22-24)20-12-3-13-21-19(23-25)17-10-6-15(2)7-11-17/h4-11,24-25H,3,12-13H2,1-2H3,(H,20,22)(H,21,23). The van der Waals surface area contributed by atoms with Gasteiger partial charge < -0.3 is 0 Å². The van der Waals surface area contributed by atoms with Crippen LogP contribution in [0.2, 0.25) is 0 Å². The number of aryl methyl sites for hydroxylation is 2. The average Bonchev–Trinajstić information content (AvgIpc) is 2.63. The minimum atomic E-state index is 0.433. The summed E-state index contributed by atoms with van der Waals surface area (Å²) in [6.07, 6.45) is 0.689. The van der Waals surface area contributed by atoms with Gasteiger partial charge in [-0.15, -0.1) is 0 Å². The lowest BCUT2D eigenvalue weighted by molar-refractivity contribution is 0.234. The highest BCUT2D eigenvalue weighted by Gasteiger charge is 2.02. The van der Waals surface area contributed by atoms with E-state index in [2.05, 4.69) is 20.9 Å². The van der Waals surface area contributed by atoms with Crippen LogP contribution in [0.4, 0.5) is 0 Å². The van der Waals surface area contributed by atoms with Gasteiger partial charge in [-0.25, -0.2) is 0 Å². The average molecular weight is 340 g/mol. The van der Waals surface area contributed by atoms with Crippen LogP contribution in [-0.2, 0) is 0 Å². The highest BCUT2D eigenvalue weighted by Crippen LogP contribution is 2.05. The van der Waals surface area contributed by atoms with Gasteiger partial charge in [-0.2, -0.15) is 0 Å². The van der Waals surface area contributed by atoms with Crippen LogP contribution >= 0.6 is 0 Å². The van der Waals surface area contributed by atoms with Crippen molar-refractivity contribution in [1.29, 1.82) is 0 Å². The van der Waals surface area contributed by atoms with Gasteiger partial charge in [0, 0.05) is 24.2 Å². The number of nitrogens with one attached hydrogen (secondary N) is 2. The fourth-order valence-electron chi connectivity index (χ4n) is 2.26. The predicted octanol–water partition coefficient (Wildman–Crippen LogP) is 2.84. The van der Waals surface area contributed by atoms with Crippen molar-refractivity contribution < 1.29 is 10.4 Å². The number of amidine groups is 2. The summed E-state index contributed by atoms with van der Waals surface area (Å²) in [6, 6.07) is 15.5. The van der Waals surface area contributed by atoms with Gasteiger partial charge in [0.25, 0.3) is 0 Å². The zero-order chi connectivity index (χ0) is 18.1. The monoisotopic (exact) mass is 340 g/mol. The molecule has 6 nitrogen and oxygen atoms in total. The molecule has 0 bridgehead atoms. The normalized spacial score (nSPS) is 12.2. The molecule has 25 heavy (non-hydrogen) atoms. The Hall–Kier alpha value is -2.70. The van der Waals surface area contributed by atoms with Gasteiger partial charge in [0.05, 0.1) is 0 Å². The molecular formula is C19H24N4O2. The molecule has 0 amide bonds. The Bertz CT molecular complexity index is 659. The molecule has 0 aliphatic rings. The molecule has 0 aromatic heterocycles. The van der Waals surface area contributed by atoms with Crippen LogP contribution in [0.3, 0.4) is 0 Å². The van der Waals surface area contributed by atoms with Crippen LogP contribution in [0.1, 0.15) is 28.7 Å². The third kappa shape index (κ3) is 5.70. The summed E-state index contributed by atoms with van der Waals surface area (Å²) in [6.45, 7) is 5.03. The molecule has 4 N–H and O–H groups in total. The summed E-state index contributed by atoms with van der Waals surface area (Å²) in [4.78, 5) is 8.71. The SMILES string of the molecule is Cc1ccc(C(=NCCCN=C(NO)c2ccc(C)cc2)NO)cc1. The Labute approximate surface area is 147 Å². The van der Waals surface area contributed by atoms with Crippen molar-refractivity contribution in [2.45, 2.75) is 20.3 Å². The summed E-state index contributed by atoms with van der Waals surface area (Å²) in [5, 5.41) is 18.5. The van der Waals surface area contributed by atoms with Gasteiger partial charge >= 0.3 is 0 Å². The fourth-order valence-corrected chi connectivity index (χ4v) is 2.26. The lowest BCUT2D eigenvalue weighted by Crippen LogP contribution is -2.21. The summed E-state index contributed by atoms with van der Waals surface area (Å²) in [5.41, 5.74) is 8.24. The van der Waals surface area contributed by atoms with Crippen molar-refractivity contribution in [3.05, 3.63) is 70.8 Å². The van der Waals surface area contributed by atoms with E-state index in [4.69, 9.17) is 0 Å². The number of benzene rings is 2. The van der Waals surface area contributed by atoms with Gasteiger partial charge in [-0.3, -0.25) is 31.4 Å². The van der Waals surface area contributed by atoms with Gasteiger partial charge in [-0.05, 0) is 20.3 Å². The Morgan fingerprint density at radius 1 is 0.720 bits per heavy atom. The van der Waals surface area contributed by atoms with Crippen molar-refractivity contribution >= 4 is 11.7 Å². The third-order valence-corrected chi connectivity index (χ3v) is 3.72. The van der Waals surface area contributed by atoms with Crippen molar-refractivity contribution in [3.8, 4) is 0 Å². The smallest absolute Gasteiger partial charge is 0.152 e. The predicted molar refractivity (Wildman–Crippen MR) is 99.6 cm³/mol. The molecule has 6 heteroatoms. The Kier molecular flexibility index (Phi) is 7.13. The maximum atomic E-state index is 9.25. The van der Waals surface area contributed by atoms with Crippen LogP contribution < -0.4 is 11.0 Å². The van der Waals surface area contributed by atoms with Crippen molar-refractivity contribution in [3.63, 3.8) is 0 Å². The molecule has 0 spiro atoms. The van der Waals surface area contributed by atoms with Crippen LogP contribution in [0.25, 0.3) is 0 Å². The van der Waals surface area contributed by atoms with Crippen LogP contribution in [0.15, 0.2) is 58.5 Å². The molecule has 0 saturated heterocycles. The van der Waals surface area contributed by atoms with Gasteiger partial charge in [0.2, 0.25) is 0 Å². The first kappa shape index (κ1) is 18.6. The van der Waals surface area contributed by atoms with E-state index < -0.39 is 0 Å². The Morgan fingerprint density at radius 3 is 1.40 bits per heavy atom. The van der Waals surface area contributed by atoms with Crippen molar-refractivity contribution in [2.75, 3.05) is 13.1 Å².